The molecule has 11 heteroatoms. The molecule has 25 heavy (non-hydrogen) atoms. The van der Waals surface area contributed by atoms with E-state index in [0.717, 1.165) is 6.42 Å². The number of isocyanates is 2. The van der Waals surface area contributed by atoms with Gasteiger partial charge in [0, 0.05) is 46.6 Å². The number of hydrogen-bond acceptors (Lipinski definition) is 9. The van der Waals surface area contributed by atoms with E-state index in [1.807, 2.05) is 20.8 Å². The normalized spacial score (nSPS) is 11.0. The van der Waals surface area contributed by atoms with Gasteiger partial charge in [0.2, 0.25) is 12.2 Å². The van der Waals surface area contributed by atoms with E-state index in [1.54, 1.807) is 6.55 Å². The summed E-state index contributed by atoms with van der Waals surface area (Å²) in [4.78, 5) is 23.2. The summed E-state index contributed by atoms with van der Waals surface area (Å²) in [5, 5.41) is 0. The van der Waals surface area contributed by atoms with Crippen molar-refractivity contribution < 1.29 is 31.7 Å². The Hall–Kier alpha value is -1.01. The Morgan fingerprint density at radius 1 is 0.880 bits per heavy atom. The van der Waals surface area contributed by atoms with Crippen LogP contribution in [0.25, 0.3) is 0 Å². The molecular weight excluding hydrogens is 364 g/mol. The average Bonchev–Trinajstić information content (AvgIpc) is 2.60. The molecule has 0 saturated carbocycles. The molecule has 0 rings (SSSR count). The third kappa shape index (κ3) is 12.9. The van der Waals surface area contributed by atoms with Crippen LogP contribution in [-0.2, 0) is 31.7 Å². The molecule has 0 amide bonds. The monoisotopic (exact) mass is 394 g/mol. The van der Waals surface area contributed by atoms with Crippen LogP contribution in [0.3, 0.4) is 0 Å². The summed E-state index contributed by atoms with van der Waals surface area (Å²) in [5.74, 6) is 0. The number of aliphatic imine (C=N–C) groups is 1. The topological polar surface area (TPSA) is 105 Å². The number of rotatable bonds is 13. The Labute approximate surface area is 152 Å². The number of hydrogen-bond donors (Lipinski definition) is 0. The van der Waals surface area contributed by atoms with Gasteiger partial charge >= 0.3 is 17.5 Å². The van der Waals surface area contributed by atoms with Crippen LogP contribution in [-0.4, -0.2) is 70.3 Å². The molecule has 0 atom stereocenters. The average molecular weight is 395 g/mol. The minimum atomic E-state index is -2.54. The van der Waals surface area contributed by atoms with Crippen molar-refractivity contribution in [2.45, 2.75) is 39.8 Å². The van der Waals surface area contributed by atoms with Crippen LogP contribution in [0.15, 0.2) is 9.65 Å². The van der Waals surface area contributed by atoms with Crippen molar-refractivity contribution in [1.29, 1.82) is 0 Å². The van der Waals surface area contributed by atoms with Gasteiger partial charge in [-0.3, -0.25) is 0 Å². The Morgan fingerprint density at radius 2 is 1.36 bits per heavy atom. The van der Waals surface area contributed by atoms with Gasteiger partial charge in [0.1, 0.15) is 0 Å². The minimum absolute atomic E-state index is 0.450. The maximum atomic E-state index is 9.93. The molecule has 0 unspecified atom stereocenters. The standard InChI is InChI=1S/C10H21NO4Si.C4H9NO3Si/c1-4-13-16(14-5-2,15-6-3)9-7-8-11-10-12;1-7-9(3,8-2)5-4-6/h4-9H2,1-3H3;1-3H3. The van der Waals surface area contributed by atoms with Crippen molar-refractivity contribution in [2.75, 3.05) is 40.6 Å². The molecule has 0 N–H and O–H groups in total. The van der Waals surface area contributed by atoms with Crippen LogP contribution in [0.4, 0.5) is 0 Å². The van der Waals surface area contributed by atoms with Crippen LogP contribution >= 0.6 is 0 Å². The lowest BCUT2D eigenvalue weighted by Gasteiger charge is -2.28. The Balaban J connectivity index is 0. The highest BCUT2D eigenvalue weighted by atomic mass is 28.4. The van der Waals surface area contributed by atoms with Crippen molar-refractivity contribution in [3.63, 3.8) is 0 Å². The lowest BCUT2D eigenvalue weighted by Crippen LogP contribution is -2.46. The zero-order chi connectivity index (χ0) is 19.6. The third-order valence-corrected chi connectivity index (χ3v) is 8.08. The summed E-state index contributed by atoms with van der Waals surface area (Å²) in [6.45, 7) is 9.58. The van der Waals surface area contributed by atoms with E-state index in [-0.39, 0.29) is 0 Å². The van der Waals surface area contributed by atoms with Gasteiger partial charge < -0.3 is 22.1 Å². The Morgan fingerprint density at radius 3 is 1.64 bits per heavy atom. The quantitative estimate of drug-likeness (QED) is 0.203. The molecule has 0 fully saturated rings. The van der Waals surface area contributed by atoms with Crippen molar-refractivity contribution >= 4 is 29.7 Å². The van der Waals surface area contributed by atoms with E-state index in [4.69, 9.17) is 22.1 Å². The molecule has 0 aromatic carbocycles. The minimum Gasteiger partial charge on any atom is -0.381 e. The summed E-state index contributed by atoms with van der Waals surface area (Å²) in [7, 11) is -2.12. The SMILES string of the molecule is CCO[Si](CCCN=C=O)(OCC)OCC.CO[Si](C)(N=C=O)OC. The smallest absolute Gasteiger partial charge is 0.381 e. The van der Waals surface area contributed by atoms with Crippen molar-refractivity contribution in [3.05, 3.63) is 0 Å². The highest BCUT2D eigenvalue weighted by molar-refractivity contribution is 6.64. The van der Waals surface area contributed by atoms with Crippen LogP contribution < -0.4 is 0 Å². The lowest BCUT2D eigenvalue weighted by molar-refractivity contribution is 0.0710. The highest BCUT2D eigenvalue weighted by Crippen LogP contribution is 2.18. The number of carbonyl (C=O) groups excluding carboxylic acids is 2. The predicted octanol–water partition coefficient (Wildman–Crippen LogP) is 1.94. The zero-order valence-electron chi connectivity index (χ0n) is 16.0. The second-order valence-electron chi connectivity index (χ2n) is 4.57. The van der Waals surface area contributed by atoms with E-state index in [2.05, 4.69) is 9.65 Å². The van der Waals surface area contributed by atoms with Crippen LogP contribution in [0, 0.1) is 0 Å². The molecule has 9 nitrogen and oxygen atoms in total. The van der Waals surface area contributed by atoms with E-state index < -0.39 is 17.5 Å². The molecule has 0 spiro atoms. The van der Waals surface area contributed by atoms with Gasteiger partial charge in [-0.1, -0.05) is 0 Å². The fourth-order valence-electron chi connectivity index (χ4n) is 1.68. The van der Waals surface area contributed by atoms with Gasteiger partial charge in [0.15, 0.2) is 0 Å². The summed E-state index contributed by atoms with van der Waals surface area (Å²) in [5.41, 5.74) is 0. The molecule has 0 aliphatic carbocycles. The van der Waals surface area contributed by atoms with Crippen molar-refractivity contribution in [2.24, 2.45) is 9.65 Å². The van der Waals surface area contributed by atoms with Crippen LogP contribution in [0.5, 0.6) is 0 Å². The third-order valence-electron chi connectivity index (χ3n) is 2.92. The van der Waals surface area contributed by atoms with Gasteiger partial charge in [-0.25, -0.2) is 14.6 Å². The first-order valence-electron chi connectivity index (χ1n) is 8.07. The highest BCUT2D eigenvalue weighted by Gasteiger charge is 2.39. The molecule has 0 bridgehead atoms. The van der Waals surface area contributed by atoms with E-state index in [1.165, 1.54) is 26.4 Å². The molecule has 0 radical (unpaired) electrons. The maximum absolute atomic E-state index is 9.93. The summed E-state index contributed by atoms with van der Waals surface area (Å²) < 4.78 is 29.9. The number of nitrogens with zero attached hydrogens (tertiary/aromatic N) is 2. The fourth-order valence-corrected chi connectivity index (χ4v) is 4.79. The second-order valence-corrected chi connectivity index (χ2v) is 10.1. The van der Waals surface area contributed by atoms with Gasteiger partial charge in [-0.15, -0.1) is 0 Å². The Bertz CT molecular complexity index is 406. The second kappa shape index (κ2) is 16.5. The first kappa shape index (κ1) is 26.2. The molecule has 0 aromatic heterocycles. The summed E-state index contributed by atoms with van der Waals surface area (Å²) >= 11 is 0. The van der Waals surface area contributed by atoms with Gasteiger partial charge in [0.25, 0.3) is 0 Å². The summed E-state index contributed by atoms with van der Waals surface area (Å²) in [6, 6.07) is 0.688. The van der Waals surface area contributed by atoms with Gasteiger partial charge in [-0.05, 0) is 27.2 Å². The van der Waals surface area contributed by atoms with Crippen LogP contribution in [0.1, 0.15) is 27.2 Å². The molecule has 0 saturated heterocycles. The van der Waals surface area contributed by atoms with Gasteiger partial charge in [-0.2, -0.15) is 4.66 Å². The summed E-state index contributed by atoms with van der Waals surface area (Å²) in [6.07, 6.45) is 3.64. The zero-order valence-corrected chi connectivity index (χ0v) is 18.0. The first-order valence-corrected chi connectivity index (χ1v) is 12.3. The van der Waals surface area contributed by atoms with Gasteiger partial charge in [0.05, 0.1) is 6.54 Å². The van der Waals surface area contributed by atoms with Crippen LogP contribution in [0.2, 0.25) is 12.6 Å². The van der Waals surface area contributed by atoms with E-state index in [0.29, 0.717) is 32.4 Å². The fraction of sp³-hybridized carbons (Fsp3) is 0.857. The molecule has 0 heterocycles. The predicted molar refractivity (Wildman–Crippen MR) is 96.8 cm³/mol. The molecule has 0 aliphatic rings. The van der Waals surface area contributed by atoms with E-state index in [9.17, 15) is 9.59 Å². The Kier molecular flexibility index (Phi) is 17.3. The first-order chi connectivity index (χ1) is 11.9. The maximum Gasteiger partial charge on any atom is 0.500 e. The van der Waals surface area contributed by atoms with E-state index >= 15 is 0 Å². The van der Waals surface area contributed by atoms with Crippen molar-refractivity contribution in [1.82, 2.24) is 0 Å². The molecule has 146 valence electrons. The molecule has 0 aromatic rings. The largest absolute Gasteiger partial charge is 0.500 e. The molecular formula is C14H30N2O7Si2. The lowest BCUT2D eigenvalue weighted by atomic mass is 10.5. The molecule has 0 aliphatic heterocycles. The van der Waals surface area contributed by atoms with Crippen molar-refractivity contribution in [3.8, 4) is 0 Å².